The zero-order valence-electron chi connectivity index (χ0n) is 11.7. The van der Waals surface area contributed by atoms with Gasteiger partial charge in [0.25, 0.3) is 0 Å². The molecule has 5 nitrogen and oxygen atoms in total. The summed E-state index contributed by atoms with van der Waals surface area (Å²) in [4.78, 5) is 0. The Bertz CT molecular complexity index is 485. The molecule has 0 amide bonds. The Kier molecular flexibility index (Phi) is 6.07. The van der Waals surface area contributed by atoms with Crippen molar-refractivity contribution in [3.63, 3.8) is 0 Å². The summed E-state index contributed by atoms with van der Waals surface area (Å²) in [6.07, 6.45) is 0. The van der Waals surface area contributed by atoms with Crippen LogP contribution in [-0.2, 0) is 17.9 Å². The van der Waals surface area contributed by atoms with Gasteiger partial charge in [-0.3, -0.25) is 0 Å². The molecule has 0 unspecified atom stereocenters. The van der Waals surface area contributed by atoms with E-state index >= 15 is 0 Å². The first-order chi connectivity index (χ1) is 9.88. The van der Waals surface area contributed by atoms with Crippen molar-refractivity contribution < 1.29 is 14.0 Å². The van der Waals surface area contributed by atoms with E-state index in [-0.39, 0.29) is 0 Å². The van der Waals surface area contributed by atoms with Crippen LogP contribution < -0.4 is 10.1 Å². The Morgan fingerprint density at radius 3 is 2.85 bits per heavy atom. The second-order valence-electron chi connectivity index (χ2n) is 4.28. The number of rotatable bonds is 9. The van der Waals surface area contributed by atoms with Crippen LogP contribution in [0.3, 0.4) is 0 Å². The van der Waals surface area contributed by atoms with Crippen LogP contribution in [0.1, 0.15) is 18.4 Å². The highest BCUT2D eigenvalue weighted by Crippen LogP contribution is 2.08. The molecule has 1 aromatic heterocycles. The standard InChI is InChI=1S/C15H20N2O3/c1-2-16-11-13-10-15(20-17-13)12-18-8-9-19-14-6-4-3-5-7-14/h3-7,10,16H,2,8-9,11-12H2,1H3. The van der Waals surface area contributed by atoms with Gasteiger partial charge in [-0.05, 0) is 18.7 Å². The van der Waals surface area contributed by atoms with Gasteiger partial charge in [0.1, 0.15) is 19.0 Å². The lowest BCUT2D eigenvalue weighted by Gasteiger charge is -2.05. The zero-order chi connectivity index (χ0) is 14.0. The maximum Gasteiger partial charge on any atom is 0.162 e. The van der Waals surface area contributed by atoms with Crippen LogP contribution in [0.15, 0.2) is 40.9 Å². The molecule has 108 valence electrons. The first kappa shape index (κ1) is 14.6. The minimum atomic E-state index is 0.414. The molecule has 1 heterocycles. The molecule has 0 spiro atoms. The molecule has 0 radical (unpaired) electrons. The number of nitrogens with zero attached hydrogens (tertiary/aromatic N) is 1. The van der Waals surface area contributed by atoms with E-state index in [1.165, 1.54) is 0 Å². The van der Waals surface area contributed by atoms with Gasteiger partial charge in [0.2, 0.25) is 0 Å². The summed E-state index contributed by atoms with van der Waals surface area (Å²) in [5.41, 5.74) is 0.894. The fourth-order valence-electron chi connectivity index (χ4n) is 1.67. The van der Waals surface area contributed by atoms with Gasteiger partial charge in [-0.1, -0.05) is 30.3 Å². The predicted molar refractivity (Wildman–Crippen MR) is 75.5 cm³/mol. The Hall–Kier alpha value is -1.85. The molecule has 0 aliphatic rings. The van der Waals surface area contributed by atoms with E-state index in [9.17, 15) is 0 Å². The van der Waals surface area contributed by atoms with Crippen LogP contribution in [0.4, 0.5) is 0 Å². The van der Waals surface area contributed by atoms with Crippen molar-refractivity contribution in [1.82, 2.24) is 10.5 Å². The van der Waals surface area contributed by atoms with Gasteiger partial charge in [0, 0.05) is 12.6 Å². The first-order valence-corrected chi connectivity index (χ1v) is 6.79. The van der Waals surface area contributed by atoms with Crippen LogP contribution in [0.25, 0.3) is 0 Å². The Morgan fingerprint density at radius 1 is 1.20 bits per heavy atom. The van der Waals surface area contributed by atoms with Gasteiger partial charge < -0.3 is 19.3 Å². The monoisotopic (exact) mass is 276 g/mol. The van der Waals surface area contributed by atoms with E-state index in [4.69, 9.17) is 14.0 Å². The fraction of sp³-hybridized carbons (Fsp3) is 0.400. The number of ether oxygens (including phenoxy) is 2. The maximum absolute atomic E-state index is 5.52. The third-order valence-electron chi connectivity index (χ3n) is 2.65. The molecule has 2 aromatic rings. The SMILES string of the molecule is CCNCc1cc(COCCOc2ccccc2)on1. The lowest BCUT2D eigenvalue weighted by Crippen LogP contribution is -2.11. The highest BCUT2D eigenvalue weighted by molar-refractivity contribution is 5.20. The van der Waals surface area contributed by atoms with E-state index in [0.717, 1.165) is 30.3 Å². The van der Waals surface area contributed by atoms with E-state index < -0.39 is 0 Å². The van der Waals surface area contributed by atoms with Gasteiger partial charge in [-0.15, -0.1) is 0 Å². The highest BCUT2D eigenvalue weighted by Gasteiger charge is 2.03. The van der Waals surface area contributed by atoms with E-state index in [0.29, 0.717) is 19.8 Å². The van der Waals surface area contributed by atoms with Gasteiger partial charge in [0.05, 0.1) is 12.3 Å². The second-order valence-corrected chi connectivity index (χ2v) is 4.28. The summed E-state index contributed by atoms with van der Waals surface area (Å²) in [7, 11) is 0. The molecule has 2 rings (SSSR count). The number of nitrogens with one attached hydrogen (secondary N) is 1. The van der Waals surface area contributed by atoms with Crippen molar-refractivity contribution in [2.24, 2.45) is 0 Å². The van der Waals surface area contributed by atoms with E-state index in [1.54, 1.807) is 0 Å². The van der Waals surface area contributed by atoms with Gasteiger partial charge in [-0.2, -0.15) is 0 Å². The van der Waals surface area contributed by atoms with Gasteiger partial charge in [-0.25, -0.2) is 0 Å². The fourth-order valence-corrected chi connectivity index (χ4v) is 1.67. The minimum absolute atomic E-state index is 0.414. The number of hydrogen-bond acceptors (Lipinski definition) is 5. The lowest BCUT2D eigenvalue weighted by atomic mass is 10.3. The second kappa shape index (κ2) is 8.35. The molecule has 1 N–H and O–H groups in total. The van der Waals surface area contributed by atoms with Gasteiger partial charge >= 0.3 is 0 Å². The molecule has 20 heavy (non-hydrogen) atoms. The average Bonchev–Trinajstić information content (AvgIpc) is 2.94. The molecule has 0 atom stereocenters. The quantitative estimate of drug-likeness (QED) is 0.713. The van der Waals surface area contributed by atoms with Crippen molar-refractivity contribution in [2.45, 2.75) is 20.1 Å². The number of aromatic nitrogens is 1. The van der Waals surface area contributed by atoms with Crippen LogP contribution in [0.2, 0.25) is 0 Å². The van der Waals surface area contributed by atoms with E-state index in [1.807, 2.05) is 36.4 Å². The van der Waals surface area contributed by atoms with Crippen LogP contribution in [0.5, 0.6) is 5.75 Å². The van der Waals surface area contributed by atoms with Crippen molar-refractivity contribution in [2.75, 3.05) is 19.8 Å². The largest absolute Gasteiger partial charge is 0.491 e. The summed E-state index contributed by atoms with van der Waals surface area (Å²) < 4.78 is 16.2. The Morgan fingerprint density at radius 2 is 2.05 bits per heavy atom. The smallest absolute Gasteiger partial charge is 0.162 e. The summed E-state index contributed by atoms with van der Waals surface area (Å²) in [6, 6.07) is 11.6. The third-order valence-corrected chi connectivity index (χ3v) is 2.65. The molecule has 1 aromatic carbocycles. The number of benzene rings is 1. The topological polar surface area (TPSA) is 56.5 Å². The van der Waals surface area contributed by atoms with Gasteiger partial charge in [0.15, 0.2) is 5.76 Å². The lowest BCUT2D eigenvalue weighted by molar-refractivity contribution is 0.0746. The molecule has 0 saturated heterocycles. The normalized spacial score (nSPS) is 10.7. The molecular weight excluding hydrogens is 256 g/mol. The van der Waals surface area contributed by atoms with Crippen molar-refractivity contribution in [3.8, 4) is 5.75 Å². The molecule has 0 fully saturated rings. The molecule has 0 bridgehead atoms. The summed E-state index contributed by atoms with van der Waals surface area (Å²) in [5.74, 6) is 1.58. The zero-order valence-corrected chi connectivity index (χ0v) is 11.7. The minimum Gasteiger partial charge on any atom is -0.491 e. The molecule has 0 saturated carbocycles. The molecule has 0 aliphatic heterocycles. The molecule has 0 aliphatic carbocycles. The third kappa shape index (κ3) is 5.03. The Labute approximate surface area is 118 Å². The summed E-state index contributed by atoms with van der Waals surface area (Å²) >= 11 is 0. The van der Waals surface area contributed by atoms with Crippen LogP contribution >= 0.6 is 0 Å². The predicted octanol–water partition coefficient (Wildman–Crippen LogP) is 2.38. The highest BCUT2D eigenvalue weighted by atomic mass is 16.5. The number of para-hydroxylation sites is 1. The van der Waals surface area contributed by atoms with Crippen LogP contribution in [-0.4, -0.2) is 24.9 Å². The first-order valence-electron chi connectivity index (χ1n) is 6.79. The van der Waals surface area contributed by atoms with Crippen molar-refractivity contribution >= 4 is 0 Å². The van der Waals surface area contributed by atoms with E-state index in [2.05, 4.69) is 17.4 Å². The molecular formula is C15H20N2O3. The number of hydrogen-bond donors (Lipinski definition) is 1. The van der Waals surface area contributed by atoms with Crippen molar-refractivity contribution in [1.29, 1.82) is 0 Å². The average molecular weight is 276 g/mol. The van der Waals surface area contributed by atoms with Crippen LogP contribution in [0, 0.1) is 0 Å². The summed E-state index contributed by atoms with van der Waals surface area (Å²) in [5, 5.41) is 7.14. The maximum atomic E-state index is 5.52. The summed E-state index contributed by atoms with van der Waals surface area (Å²) in [6.45, 7) is 5.13. The Balaban J connectivity index is 1.60. The molecule has 5 heteroatoms. The van der Waals surface area contributed by atoms with Crippen molar-refractivity contribution in [3.05, 3.63) is 47.9 Å².